The summed E-state index contributed by atoms with van der Waals surface area (Å²) in [6.45, 7) is 1.47. The van der Waals surface area contributed by atoms with Gasteiger partial charge in [0.25, 0.3) is 5.91 Å². The van der Waals surface area contributed by atoms with Crippen molar-refractivity contribution in [1.29, 1.82) is 0 Å². The number of carbonyl (C=O) groups is 2. The monoisotopic (exact) mass is 541 g/mol. The van der Waals surface area contributed by atoms with Gasteiger partial charge in [-0.1, -0.05) is 11.6 Å². The van der Waals surface area contributed by atoms with Crippen molar-refractivity contribution in [2.75, 3.05) is 52.0 Å². The Labute approximate surface area is 228 Å². The predicted molar refractivity (Wildman–Crippen MR) is 150 cm³/mol. The van der Waals surface area contributed by atoms with E-state index in [2.05, 4.69) is 39.5 Å². The number of anilines is 2. The zero-order valence-electron chi connectivity index (χ0n) is 22.4. The molecule has 0 atom stereocenters. The first-order valence-corrected chi connectivity index (χ1v) is 13.3. The van der Waals surface area contributed by atoms with Crippen molar-refractivity contribution in [3.05, 3.63) is 47.3 Å². The number of aromatic nitrogens is 1. The molecule has 0 saturated heterocycles. The number of nitrogens with one attached hydrogen (secondary N) is 2. The molecule has 2 heterocycles. The zero-order valence-corrected chi connectivity index (χ0v) is 23.2. The van der Waals surface area contributed by atoms with Crippen molar-refractivity contribution in [2.45, 2.75) is 38.1 Å². The average Bonchev–Trinajstić information content (AvgIpc) is 3.25. The molecule has 1 aliphatic rings. The quantitative estimate of drug-likeness (QED) is 0.343. The number of rotatable bonds is 10. The number of nitrogens with zero attached hydrogens (tertiary/aromatic N) is 3. The lowest BCUT2D eigenvalue weighted by atomic mass is 9.85. The van der Waals surface area contributed by atoms with Crippen LogP contribution in [0.4, 0.5) is 11.5 Å². The SMILES string of the molecule is CN(C)CCCOc1ccc2c(NC(=O)[C@H]3CC[C@H](N(C)C)CC3)c(C(=O)Nc3ccc(Cl)cn3)oc2c1. The molecule has 1 saturated carbocycles. The number of carbonyl (C=O) groups excluding carboxylic acids is 2. The topological polar surface area (TPSA) is 99.9 Å². The molecule has 2 amide bonds. The van der Waals surface area contributed by atoms with E-state index in [4.69, 9.17) is 20.8 Å². The Kier molecular flexibility index (Phi) is 9.25. The second kappa shape index (κ2) is 12.6. The summed E-state index contributed by atoms with van der Waals surface area (Å²) in [7, 11) is 8.18. The van der Waals surface area contributed by atoms with Gasteiger partial charge in [0.05, 0.1) is 11.6 Å². The van der Waals surface area contributed by atoms with Gasteiger partial charge in [-0.05, 0) is 84.6 Å². The summed E-state index contributed by atoms with van der Waals surface area (Å²) < 4.78 is 11.9. The van der Waals surface area contributed by atoms with Gasteiger partial charge in [0, 0.05) is 36.2 Å². The molecular formula is C28H36ClN5O4. The summed E-state index contributed by atoms with van der Waals surface area (Å²) in [5.74, 6) is 0.227. The Balaban J connectivity index is 1.56. The van der Waals surface area contributed by atoms with Crippen LogP contribution in [0, 0.1) is 5.92 Å². The van der Waals surface area contributed by atoms with Crippen molar-refractivity contribution >= 4 is 45.9 Å². The number of pyridine rings is 1. The van der Waals surface area contributed by atoms with Crippen molar-refractivity contribution in [2.24, 2.45) is 5.92 Å². The molecule has 9 nitrogen and oxygen atoms in total. The van der Waals surface area contributed by atoms with Gasteiger partial charge in [-0.25, -0.2) is 4.98 Å². The normalized spacial score (nSPS) is 17.7. The van der Waals surface area contributed by atoms with Crippen LogP contribution in [-0.2, 0) is 4.79 Å². The molecular weight excluding hydrogens is 506 g/mol. The minimum atomic E-state index is -0.518. The van der Waals surface area contributed by atoms with Crippen molar-refractivity contribution < 1.29 is 18.7 Å². The summed E-state index contributed by atoms with van der Waals surface area (Å²) >= 11 is 5.92. The van der Waals surface area contributed by atoms with Crippen LogP contribution in [0.15, 0.2) is 40.9 Å². The third kappa shape index (κ3) is 7.03. The second-order valence-electron chi connectivity index (χ2n) is 10.2. The van der Waals surface area contributed by atoms with Crippen LogP contribution in [0.25, 0.3) is 11.0 Å². The molecule has 1 aromatic carbocycles. The van der Waals surface area contributed by atoms with E-state index in [1.165, 1.54) is 6.20 Å². The molecule has 0 unspecified atom stereocenters. The van der Waals surface area contributed by atoms with Crippen LogP contribution in [0.2, 0.25) is 5.02 Å². The average molecular weight is 542 g/mol. The largest absolute Gasteiger partial charge is 0.493 e. The van der Waals surface area contributed by atoms with Gasteiger partial charge < -0.3 is 29.6 Å². The number of halogens is 1. The lowest BCUT2D eigenvalue weighted by Gasteiger charge is -2.31. The second-order valence-corrected chi connectivity index (χ2v) is 10.7. The van der Waals surface area contributed by atoms with Gasteiger partial charge in [-0.2, -0.15) is 0 Å². The molecule has 0 bridgehead atoms. The summed E-state index contributed by atoms with van der Waals surface area (Å²) in [4.78, 5) is 35.0. The van der Waals surface area contributed by atoms with Gasteiger partial charge in [0.2, 0.25) is 11.7 Å². The molecule has 0 aliphatic heterocycles. The number of hydrogen-bond donors (Lipinski definition) is 2. The highest BCUT2D eigenvalue weighted by atomic mass is 35.5. The van der Waals surface area contributed by atoms with E-state index in [9.17, 15) is 9.59 Å². The molecule has 10 heteroatoms. The maximum Gasteiger partial charge on any atom is 0.294 e. The predicted octanol–water partition coefficient (Wildman–Crippen LogP) is 5.12. The van der Waals surface area contributed by atoms with E-state index in [0.717, 1.165) is 38.6 Å². The molecule has 38 heavy (non-hydrogen) atoms. The molecule has 0 spiro atoms. The number of furan rings is 1. The third-order valence-electron chi connectivity index (χ3n) is 6.90. The highest BCUT2D eigenvalue weighted by Gasteiger charge is 2.30. The molecule has 2 N–H and O–H groups in total. The number of benzene rings is 1. The van der Waals surface area contributed by atoms with E-state index < -0.39 is 5.91 Å². The number of ether oxygens (including phenoxy) is 1. The summed E-state index contributed by atoms with van der Waals surface area (Å²) in [6.07, 6.45) is 5.84. The van der Waals surface area contributed by atoms with Crippen LogP contribution in [0.5, 0.6) is 5.75 Å². The van der Waals surface area contributed by atoms with Gasteiger partial charge in [-0.3, -0.25) is 9.59 Å². The highest BCUT2D eigenvalue weighted by molar-refractivity contribution is 6.30. The van der Waals surface area contributed by atoms with Crippen LogP contribution in [-0.4, -0.2) is 74.0 Å². The third-order valence-corrected chi connectivity index (χ3v) is 7.12. The molecule has 2 aromatic heterocycles. The Morgan fingerprint density at radius 1 is 1.08 bits per heavy atom. The first-order chi connectivity index (χ1) is 18.2. The van der Waals surface area contributed by atoms with Crippen molar-refractivity contribution in [3.8, 4) is 5.75 Å². The standard InChI is InChI=1S/C28H36ClN5O4/c1-33(2)14-5-15-37-21-11-12-22-23(16-21)38-26(28(36)31-24-13-8-19(29)17-30-24)25(22)32-27(35)18-6-9-20(10-7-18)34(3)4/h8,11-13,16-18,20H,5-7,9-10,14-15H2,1-4H3,(H,32,35)(H,30,31,36)/t18-,20-. The molecule has 1 fully saturated rings. The van der Waals surface area contributed by atoms with Gasteiger partial charge >= 0.3 is 0 Å². The first kappa shape index (κ1) is 27.9. The molecule has 1 aliphatic carbocycles. The Morgan fingerprint density at radius 2 is 1.84 bits per heavy atom. The fourth-order valence-electron chi connectivity index (χ4n) is 4.72. The Hall–Kier alpha value is -3.14. The van der Waals surface area contributed by atoms with Crippen LogP contribution >= 0.6 is 11.6 Å². The van der Waals surface area contributed by atoms with Crippen molar-refractivity contribution in [1.82, 2.24) is 14.8 Å². The molecule has 204 valence electrons. The smallest absolute Gasteiger partial charge is 0.294 e. The highest BCUT2D eigenvalue weighted by Crippen LogP contribution is 2.35. The fourth-order valence-corrected chi connectivity index (χ4v) is 4.84. The van der Waals surface area contributed by atoms with E-state index in [1.54, 1.807) is 18.2 Å². The minimum Gasteiger partial charge on any atom is -0.493 e. The summed E-state index contributed by atoms with van der Waals surface area (Å²) in [5.41, 5.74) is 0.807. The van der Waals surface area contributed by atoms with E-state index in [-0.39, 0.29) is 17.6 Å². The Morgan fingerprint density at radius 3 is 2.50 bits per heavy atom. The zero-order chi connectivity index (χ0) is 27.2. The van der Waals surface area contributed by atoms with Gasteiger partial charge in [0.15, 0.2) is 0 Å². The van der Waals surface area contributed by atoms with Crippen LogP contribution in [0.1, 0.15) is 42.7 Å². The van der Waals surface area contributed by atoms with E-state index in [0.29, 0.717) is 45.9 Å². The fraction of sp³-hybridized carbons (Fsp3) is 0.464. The van der Waals surface area contributed by atoms with Gasteiger partial charge in [-0.15, -0.1) is 0 Å². The lowest BCUT2D eigenvalue weighted by molar-refractivity contribution is -0.121. The maximum atomic E-state index is 13.3. The summed E-state index contributed by atoms with van der Waals surface area (Å²) in [5, 5.41) is 6.84. The van der Waals surface area contributed by atoms with Gasteiger partial charge in [0.1, 0.15) is 22.8 Å². The number of fused-ring (bicyclic) bond motifs is 1. The molecule has 3 aromatic rings. The minimum absolute atomic E-state index is 0.0110. The summed E-state index contributed by atoms with van der Waals surface area (Å²) in [6, 6.07) is 9.11. The van der Waals surface area contributed by atoms with E-state index in [1.807, 2.05) is 26.2 Å². The number of amides is 2. The maximum absolute atomic E-state index is 13.3. The van der Waals surface area contributed by atoms with Crippen LogP contribution in [0.3, 0.4) is 0 Å². The molecule has 4 rings (SSSR count). The lowest BCUT2D eigenvalue weighted by Crippen LogP contribution is -2.35. The Bertz CT molecular complexity index is 1250. The first-order valence-electron chi connectivity index (χ1n) is 13.0. The van der Waals surface area contributed by atoms with E-state index >= 15 is 0 Å². The molecule has 0 radical (unpaired) electrons. The number of hydrogen-bond acceptors (Lipinski definition) is 7. The van der Waals surface area contributed by atoms with Crippen LogP contribution < -0.4 is 15.4 Å². The van der Waals surface area contributed by atoms with Crippen molar-refractivity contribution in [3.63, 3.8) is 0 Å².